The third-order valence-electron chi connectivity index (χ3n) is 1.76. The number of nitrogens with zero attached hydrogens (tertiary/aromatic N) is 2. The molecule has 0 aliphatic rings. The maximum Gasteiger partial charge on any atom is 0.252 e. The van der Waals surface area contributed by atoms with Gasteiger partial charge in [0.15, 0.2) is 0 Å². The number of amides is 1. The summed E-state index contributed by atoms with van der Waals surface area (Å²) < 4.78 is 2.77. The number of carbonyl (C=O) groups excluding carboxylic acids is 1. The molecule has 0 aliphatic carbocycles. The fraction of sp³-hybridized carbons (Fsp3) is 0. The van der Waals surface area contributed by atoms with Gasteiger partial charge in [0, 0.05) is 6.20 Å². The third kappa shape index (κ3) is 1.28. The smallest absolute Gasteiger partial charge is 0.252 e. The molecule has 0 saturated heterocycles. The van der Waals surface area contributed by atoms with E-state index in [1.807, 2.05) is 10.6 Å². The Bertz CT molecular complexity index is 477. The van der Waals surface area contributed by atoms with E-state index in [0.717, 1.165) is 3.70 Å². The molecule has 0 radical (unpaired) electrons. The van der Waals surface area contributed by atoms with E-state index < -0.39 is 5.91 Å². The fourth-order valence-corrected chi connectivity index (χ4v) is 1.70. The second kappa shape index (κ2) is 2.99. The number of hydrogen-bond acceptors (Lipinski definition) is 2. The number of aromatic nitrogens is 2. The van der Waals surface area contributed by atoms with Gasteiger partial charge in [-0.15, -0.1) is 0 Å². The molecular formula is C8H6IN3O. The van der Waals surface area contributed by atoms with Crippen LogP contribution in [0.4, 0.5) is 0 Å². The van der Waals surface area contributed by atoms with E-state index in [-0.39, 0.29) is 0 Å². The highest BCUT2D eigenvalue weighted by Crippen LogP contribution is 2.12. The van der Waals surface area contributed by atoms with E-state index >= 15 is 0 Å². The summed E-state index contributed by atoms with van der Waals surface area (Å²) in [5, 5.41) is 0. The van der Waals surface area contributed by atoms with Gasteiger partial charge >= 0.3 is 0 Å². The van der Waals surface area contributed by atoms with Crippen molar-refractivity contribution < 1.29 is 4.79 Å². The van der Waals surface area contributed by atoms with E-state index in [4.69, 9.17) is 5.73 Å². The normalized spacial score (nSPS) is 10.5. The Balaban J connectivity index is 2.84. The fourth-order valence-electron chi connectivity index (χ4n) is 1.17. The lowest BCUT2D eigenvalue weighted by Crippen LogP contribution is -2.12. The van der Waals surface area contributed by atoms with Crippen LogP contribution in [-0.4, -0.2) is 15.3 Å². The minimum atomic E-state index is -0.451. The van der Waals surface area contributed by atoms with Crippen LogP contribution >= 0.6 is 22.6 Å². The van der Waals surface area contributed by atoms with Crippen molar-refractivity contribution in [1.29, 1.82) is 0 Å². The van der Waals surface area contributed by atoms with Crippen molar-refractivity contribution >= 4 is 34.1 Å². The van der Waals surface area contributed by atoms with Gasteiger partial charge in [0.05, 0.1) is 11.8 Å². The summed E-state index contributed by atoms with van der Waals surface area (Å²) in [6, 6.07) is 3.44. The van der Waals surface area contributed by atoms with Gasteiger partial charge in [0.2, 0.25) is 0 Å². The van der Waals surface area contributed by atoms with Gasteiger partial charge in [-0.05, 0) is 34.7 Å². The predicted molar refractivity (Wildman–Crippen MR) is 56.4 cm³/mol. The molecule has 13 heavy (non-hydrogen) atoms. The summed E-state index contributed by atoms with van der Waals surface area (Å²) in [6.45, 7) is 0. The highest BCUT2D eigenvalue weighted by atomic mass is 127. The monoisotopic (exact) mass is 287 g/mol. The SMILES string of the molecule is NC(=O)c1cccn2c(I)cnc12. The molecule has 4 nitrogen and oxygen atoms in total. The summed E-state index contributed by atoms with van der Waals surface area (Å²) in [5.41, 5.74) is 6.25. The molecule has 66 valence electrons. The van der Waals surface area contributed by atoms with Crippen LogP contribution in [0.15, 0.2) is 24.5 Å². The van der Waals surface area contributed by atoms with Crippen molar-refractivity contribution in [3.8, 4) is 0 Å². The Hall–Kier alpha value is -1.11. The molecule has 5 heteroatoms. The number of pyridine rings is 1. The summed E-state index contributed by atoms with van der Waals surface area (Å²) in [4.78, 5) is 15.1. The lowest BCUT2D eigenvalue weighted by molar-refractivity contribution is 0.100. The summed E-state index contributed by atoms with van der Waals surface area (Å²) in [5.74, 6) is -0.451. The second-order valence-corrected chi connectivity index (χ2v) is 3.67. The zero-order valence-corrected chi connectivity index (χ0v) is 8.72. The van der Waals surface area contributed by atoms with E-state index in [9.17, 15) is 4.79 Å². The number of nitrogens with two attached hydrogens (primary N) is 1. The minimum absolute atomic E-state index is 0.449. The average molecular weight is 287 g/mol. The molecule has 0 fully saturated rings. The van der Waals surface area contributed by atoms with Crippen LogP contribution in [0.25, 0.3) is 5.65 Å². The topological polar surface area (TPSA) is 60.4 Å². The first-order valence-electron chi connectivity index (χ1n) is 3.61. The molecule has 2 rings (SSSR count). The summed E-state index contributed by atoms with van der Waals surface area (Å²) in [7, 11) is 0. The van der Waals surface area contributed by atoms with Gasteiger partial charge in [-0.25, -0.2) is 4.98 Å². The van der Waals surface area contributed by atoms with E-state index in [2.05, 4.69) is 27.6 Å². The first-order chi connectivity index (χ1) is 6.20. The van der Waals surface area contributed by atoms with Gasteiger partial charge in [0.1, 0.15) is 9.35 Å². The third-order valence-corrected chi connectivity index (χ3v) is 2.55. The molecular weight excluding hydrogens is 281 g/mol. The quantitative estimate of drug-likeness (QED) is 0.797. The van der Waals surface area contributed by atoms with Gasteiger partial charge in [0.25, 0.3) is 5.91 Å². The van der Waals surface area contributed by atoms with Crippen molar-refractivity contribution in [2.24, 2.45) is 5.73 Å². The molecule has 0 aliphatic heterocycles. The Morgan fingerprint density at radius 2 is 2.38 bits per heavy atom. The van der Waals surface area contributed by atoms with Crippen LogP contribution in [0.5, 0.6) is 0 Å². The summed E-state index contributed by atoms with van der Waals surface area (Å²) >= 11 is 2.14. The maximum absolute atomic E-state index is 11.0. The zero-order chi connectivity index (χ0) is 9.42. The first-order valence-corrected chi connectivity index (χ1v) is 4.69. The number of carbonyl (C=O) groups is 1. The number of halogens is 1. The van der Waals surface area contributed by atoms with Crippen molar-refractivity contribution in [1.82, 2.24) is 9.38 Å². The molecule has 1 amide bonds. The number of hydrogen-bond donors (Lipinski definition) is 1. The number of primary amides is 1. The minimum Gasteiger partial charge on any atom is -0.365 e. The molecule has 2 heterocycles. The molecule has 2 N–H and O–H groups in total. The molecule has 0 spiro atoms. The van der Waals surface area contributed by atoms with E-state index in [0.29, 0.717) is 11.2 Å². The van der Waals surface area contributed by atoms with Crippen LogP contribution in [0.1, 0.15) is 10.4 Å². The van der Waals surface area contributed by atoms with E-state index in [1.54, 1.807) is 18.3 Å². The first kappa shape index (κ1) is 8.49. The highest BCUT2D eigenvalue weighted by molar-refractivity contribution is 14.1. The summed E-state index contributed by atoms with van der Waals surface area (Å²) in [6.07, 6.45) is 3.54. The van der Waals surface area contributed by atoms with Crippen LogP contribution in [0, 0.1) is 3.70 Å². The van der Waals surface area contributed by atoms with Crippen molar-refractivity contribution in [3.63, 3.8) is 0 Å². The Morgan fingerprint density at radius 1 is 1.62 bits per heavy atom. The lowest BCUT2D eigenvalue weighted by atomic mass is 10.2. The van der Waals surface area contributed by atoms with Crippen LogP contribution < -0.4 is 5.73 Å². The van der Waals surface area contributed by atoms with Crippen molar-refractivity contribution in [2.75, 3.05) is 0 Å². The van der Waals surface area contributed by atoms with Crippen molar-refractivity contribution in [2.45, 2.75) is 0 Å². The molecule has 2 aromatic heterocycles. The molecule has 2 aromatic rings. The zero-order valence-electron chi connectivity index (χ0n) is 6.57. The largest absolute Gasteiger partial charge is 0.365 e. The van der Waals surface area contributed by atoms with Crippen LogP contribution in [-0.2, 0) is 0 Å². The van der Waals surface area contributed by atoms with Gasteiger partial charge in [-0.3, -0.25) is 9.20 Å². The Kier molecular flexibility index (Phi) is 1.95. The van der Waals surface area contributed by atoms with Gasteiger partial charge in [-0.1, -0.05) is 0 Å². The number of fused-ring (bicyclic) bond motifs is 1. The number of rotatable bonds is 1. The predicted octanol–water partition coefficient (Wildman–Crippen LogP) is 1.04. The van der Waals surface area contributed by atoms with Gasteiger partial charge < -0.3 is 5.73 Å². The molecule has 0 bridgehead atoms. The van der Waals surface area contributed by atoms with Crippen molar-refractivity contribution in [3.05, 3.63) is 33.8 Å². The highest BCUT2D eigenvalue weighted by Gasteiger charge is 2.08. The Labute approximate surface area is 87.9 Å². The lowest BCUT2D eigenvalue weighted by Gasteiger charge is -1.98. The van der Waals surface area contributed by atoms with Gasteiger partial charge in [-0.2, -0.15) is 0 Å². The number of imidazole rings is 1. The standard InChI is InChI=1S/C8H6IN3O/c9-6-4-11-8-5(7(10)13)2-1-3-12(6)8/h1-4H,(H2,10,13). The molecule has 0 unspecified atom stereocenters. The second-order valence-electron chi connectivity index (χ2n) is 2.56. The van der Waals surface area contributed by atoms with Crippen LogP contribution in [0.3, 0.4) is 0 Å². The van der Waals surface area contributed by atoms with Crippen LogP contribution in [0.2, 0.25) is 0 Å². The maximum atomic E-state index is 11.0. The average Bonchev–Trinajstić information content (AvgIpc) is 2.48. The molecule has 0 saturated carbocycles. The Morgan fingerprint density at radius 3 is 3.08 bits per heavy atom. The molecule has 0 aromatic carbocycles. The molecule has 0 atom stereocenters. The van der Waals surface area contributed by atoms with E-state index in [1.165, 1.54) is 0 Å².